The number of thiol groups is 1. The Kier molecular flexibility index (Phi) is 3.53. The lowest BCUT2D eigenvalue weighted by atomic mass is 10.3. The fourth-order valence-corrected chi connectivity index (χ4v) is 2.42. The van der Waals surface area contributed by atoms with Gasteiger partial charge in [-0.3, -0.25) is 4.79 Å². The van der Waals surface area contributed by atoms with Crippen molar-refractivity contribution in [3.63, 3.8) is 0 Å². The zero-order valence-electron chi connectivity index (χ0n) is 8.11. The molecule has 0 aliphatic heterocycles. The van der Waals surface area contributed by atoms with E-state index in [-0.39, 0.29) is 5.91 Å². The van der Waals surface area contributed by atoms with Gasteiger partial charge in [0.15, 0.2) is 0 Å². The molecule has 0 fully saturated rings. The first-order valence-corrected chi connectivity index (χ1v) is 6.20. The average Bonchev–Trinajstić information content (AvgIpc) is 2.68. The lowest BCUT2D eigenvalue weighted by Crippen LogP contribution is -2.10. The standard InChI is InChI=1S/C11H8ClNOS2/c12-8-3-1-2-4-9(8)13-11(14)10-5-7(15)6-16-10/h1-6,15H,(H,13,14). The van der Waals surface area contributed by atoms with Gasteiger partial charge in [0.05, 0.1) is 15.6 Å². The summed E-state index contributed by atoms with van der Waals surface area (Å²) in [6.07, 6.45) is 0. The third-order valence-corrected chi connectivity index (χ3v) is 3.62. The summed E-state index contributed by atoms with van der Waals surface area (Å²) < 4.78 is 0. The quantitative estimate of drug-likeness (QED) is 0.795. The normalized spacial score (nSPS) is 10.1. The van der Waals surface area contributed by atoms with Crippen LogP contribution in [-0.4, -0.2) is 5.91 Å². The van der Waals surface area contributed by atoms with Crippen LogP contribution in [0.25, 0.3) is 0 Å². The van der Waals surface area contributed by atoms with Crippen LogP contribution in [0.5, 0.6) is 0 Å². The van der Waals surface area contributed by atoms with Gasteiger partial charge in [0.2, 0.25) is 0 Å². The van der Waals surface area contributed by atoms with E-state index in [0.717, 1.165) is 4.90 Å². The summed E-state index contributed by atoms with van der Waals surface area (Å²) in [6, 6.07) is 8.85. The minimum Gasteiger partial charge on any atom is -0.320 e. The molecule has 0 saturated heterocycles. The Labute approximate surface area is 108 Å². The van der Waals surface area contributed by atoms with Crippen LogP contribution in [0, 0.1) is 0 Å². The number of hydrogen-bond donors (Lipinski definition) is 2. The Hall–Kier alpha value is -0.970. The van der Waals surface area contributed by atoms with Gasteiger partial charge in [0, 0.05) is 10.3 Å². The van der Waals surface area contributed by atoms with Gasteiger partial charge in [-0.25, -0.2) is 0 Å². The molecule has 2 rings (SSSR count). The Morgan fingerprint density at radius 1 is 1.38 bits per heavy atom. The van der Waals surface area contributed by atoms with Crippen molar-refractivity contribution in [3.05, 3.63) is 45.6 Å². The monoisotopic (exact) mass is 269 g/mol. The van der Waals surface area contributed by atoms with E-state index in [1.165, 1.54) is 11.3 Å². The second-order valence-electron chi connectivity index (χ2n) is 3.10. The first-order chi connectivity index (χ1) is 7.66. The van der Waals surface area contributed by atoms with Crippen LogP contribution in [0.3, 0.4) is 0 Å². The summed E-state index contributed by atoms with van der Waals surface area (Å²) in [4.78, 5) is 13.2. The lowest BCUT2D eigenvalue weighted by Gasteiger charge is -2.04. The van der Waals surface area contributed by atoms with E-state index in [0.29, 0.717) is 15.6 Å². The van der Waals surface area contributed by atoms with Crippen molar-refractivity contribution in [1.82, 2.24) is 0 Å². The van der Waals surface area contributed by atoms with Crippen LogP contribution < -0.4 is 5.32 Å². The summed E-state index contributed by atoms with van der Waals surface area (Å²) in [5.41, 5.74) is 0.614. The molecule has 0 aliphatic rings. The minimum atomic E-state index is -0.168. The summed E-state index contributed by atoms with van der Waals surface area (Å²) in [5.74, 6) is -0.168. The third-order valence-electron chi connectivity index (χ3n) is 1.93. The number of benzene rings is 1. The van der Waals surface area contributed by atoms with E-state index in [2.05, 4.69) is 17.9 Å². The van der Waals surface area contributed by atoms with Gasteiger partial charge in [0.1, 0.15) is 0 Å². The van der Waals surface area contributed by atoms with Gasteiger partial charge < -0.3 is 5.32 Å². The van der Waals surface area contributed by atoms with E-state index >= 15 is 0 Å². The molecule has 0 bridgehead atoms. The molecule has 1 aromatic carbocycles. The highest BCUT2D eigenvalue weighted by atomic mass is 35.5. The molecule has 0 unspecified atom stereocenters. The van der Waals surface area contributed by atoms with E-state index in [1.807, 2.05) is 17.5 Å². The minimum absolute atomic E-state index is 0.168. The molecule has 1 amide bonds. The van der Waals surface area contributed by atoms with E-state index in [1.54, 1.807) is 18.2 Å². The number of nitrogens with one attached hydrogen (secondary N) is 1. The summed E-state index contributed by atoms with van der Waals surface area (Å²) >= 11 is 11.4. The maximum Gasteiger partial charge on any atom is 0.265 e. The highest BCUT2D eigenvalue weighted by Crippen LogP contribution is 2.23. The zero-order valence-corrected chi connectivity index (χ0v) is 10.6. The number of anilines is 1. The lowest BCUT2D eigenvalue weighted by molar-refractivity contribution is 0.103. The van der Waals surface area contributed by atoms with Crippen molar-refractivity contribution in [2.45, 2.75) is 4.90 Å². The smallest absolute Gasteiger partial charge is 0.265 e. The Balaban J connectivity index is 2.17. The molecule has 82 valence electrons. The van der Waals surface area contributed by atoms with Crippen LogP contribution in [0.4, 0.5) is 5.69 Å². The first kappa shape index (κ1) is 11.5. The summed E-state index contributed by atoms with van der Waals surface area (Å²) in [6.45, 7) is 0. The number of hydrogen-bond acceptors (Lipinski definition) is 3. The van der Waals surface area contributed by atoms with E-state index in [4.69, 9.17) is 11.6 Å². The second kappa shape index (κ2) is 4.91. The Morgan fingerprint density at radius 2 is 2.12 bits per heavy atom. The Morgan fingerprint density at radius 3 is 2.75 bits per heavy atom. The maximum absolute atomic E-state index is 11.8. The van der Waals surface area contributed by atoms with Crippen molar-refractivity contribution in [2.24, 2.45) is 0 Å². The molecule has 0 saturated carbocycles. The summed E-state index contributed by atoms with van der Waals surface area (Å²) in [5, 5.41) is 5.08. The molecular formula is C11H8ClNOS2. The average molecular weight is 270 g/mol. The number of halogens is 1. The van der Waals surface area contributed by atoms with Crippen molar-refractivity contribution < 1.29 is 4.79 Å². The van der Waals surface area contributed by atoms with Crippen LogP contribution >= 0.6 is 35.6 Å². The van der Waals surface area contributed by atoms with Gasteiger partial charge in [-0.2, -0.15) is 0 Å². The first-order valence-electron chi connectivity index (χ1n) is 4.50. The summed E-state index contributed by atoms with van der Waals surface area (Å²) in [7, 11) is 0. The van der Waals surface area contributed by atoms with Crippen LogP contribution in [0.2, 0.25) is 5.02 Å². The molecule has 1 N–H and O–H groups in total. The van der Waals surface area contributed by atoms with Crippen molar-refractivity contribution in [3.8, 4) is 0 Å². The molecule has 1 heterocycles. The van der Waals surface area contributed by atoms with Crippen LogP contribution in [0.15, 0.2) is 40.6 Å². The van der Waals surface area contributed by atoms with Crippen molar-refractivity contribution in [1.29, 1.82) is 0 Å². The number of thiophene rings is 1. The van der Waals surface area contributed by atoms with Gasteiger partial charge in [-0.1, -0.05) is 23.7 Å². The number of rotatable bonds is 2. The number of para-hydroxylation sites is 1. The highest BCUT2D eigenvalue weighted by molar-refractivity contribution is 7.80. The van der Waals surface area contributed by atoms with Crippen LogP contribution in [-0.2, 0) is 0 Å². The fourth-order valence-electron chi connectivity index (χ4n) is 1.19. The van der Waals surface area contributed by atoms with Gasteiger partial charge in [0.25, 0.3) is 5.91 Å². The molecule has 0 spiro atoms. The maximum atomic E-state index is 11.8. The topological polar surface area (TPSA) is 29.1 Å². The number of carbonyl (C=O) groups excluding carboxylic acids is 1. The molecule has 16 heavy (non-hydrogen) atoms. The van der Waals surface area contributed by atoms with Gasteiger partial charge >= 0.3 is 0 Å². The van der Waals surface area contributed by atoms with E-state index in [9.17, 15) is 4.79 Å². The van der Waals surface area contributed by atoms with Crippen molar-refractivity contribution >= 4 is 47.2 Å². The second-order valence-corrected chi connectivity index (χ2v) is 4.94. The molecule has 5 heteroatoms. The fraction of sp³-hybridized carbons (Fsp3) is 0. The predicted molar refractivity (Wildman–Crippen MR) is 71.0 cm³/mol. The zero-order chi connectivity index (χ0) is 11.5. The largest absolute Gasteiger partial charge is 0.320 e. The van der Waals surface area contributed by atoms with Crippen molar-refractivity contribution in [2.75, 3.05) is 5.32 Å². The van der Waals surface area contributed by atoms with Gasteiger partial charge in [-0.15, -0.1) is 24.0 Å². The molecule has 0 aliphatic carbocycles. The third kappa shape index (κ3) is 2.58. The van der Waals surface area contributed by atoms with Crippen LogP contribution in [0.1, 0.15) is 9.67 Å². The molecule has 2 nitrogen and oxygen atoms in total. The van der Waals surface area contributed by atoms with E-state index < -0.39 is 0 Å². The highest BCUT2D eigenvalue weighted by Gasteiger charge is 2.09. The Bertz CT molecular complexity index is 524. The number of amides is 1. The molecule has 2 aromatic rings. The van der Waals surface area contributed by atoms with Gasteiger partial charge in [-0.05, 0) is 18.2 Å². The molecule has 1 aromatic heterocycles. The predicted octanol–water partition coefficient (Wildman–Crippen LogP) is 3.94. The SMILES string of the molecule is O=C(Nc1ccccc1Cl)c1cc(S)cs1. The molecule has 0 atom stereocenters. The number of carbonyl (C=O) groups is 1. The molecular weight excluding hydrogens is 262 g/mol. The molecule has 0 radical (unpaired) electrons.